The summed E-state index contributed by atoms with van der Waals surface area (Å²) in [5, 5.41) is 4.82. The van der Waals surface area contributed by atoms with Crippen molar-refractivity contribution in [3.63, 3.8) is 0 Å². The summed E-state index contributed by atoms with van der Waals surface area (Å²) in [5.74, 6) is 0. The summed E-state index contributed by atoms with van der Waals surface area (Å²) in [5.41, 5.74) is 17.8. The monoisotopic (exact) mass is 792 g/mol. The SMILES string of the molecule is c1ccc(-n2c3cc(-c4cncc(-c5ccncc5)c4)ccc3c3ccc(-c4ccc5c6ccc(-c7cncc(-c8ccncc8)c7)cc6n(-c6ccccc6)c5c4)cc32)cc1. The fourth-order valence-corrected chi connectivity index (χ4v) is 9.07. The summed E-state index contributed by atoms with van der Waals surface area (Å²) in [6, 6.07) is 61.2. The Bertz CT molecular complexity index is 3370. The zero-order chi connectivity index (χ0) is 41.0. The van der Waals surface area contributed by atoms with Crippen LogP contribution < -0.4 is 0 Å². The zero-order valence-corrected chi connectivity index (χ0v) is 33.5. The Labute approximate surface area is 357 Å². The van der Waals surface area contributed by atoms with Gasteiger partial charge < -0.3 is 9.13 Å². The van der Waals surface area contributed by atoms with Crippen molar-refractivity contribution in [1.82, 2.24) is 29.1 Å². The molecule has 0 saturated carbocycles. The maximum Gasteiger partial charge on any atom is 0.0547 e. The summed E-state index contributed by atoms with van der Waals surface area (Å²) in [6.45, 7) is 0. The maximum absolute atomic E-state index is 4.65. The molecule has 6 heterocycles. The number of hydrogen-bond donors (Lipinski definition) is 0. The molecule has 6 heteroatoms. The lowest BCUT2D eigenvalue weighted by Gasteiger charge is -2.11. The third-order valence-corrected chi connectivity index (χ3v) is 12.1. The van der Waals surface area contributed by atoms with Crippen molar-refractivity contribution in [3.8, 4) is 67.0 Å². The van der Waals surface area contributed by atoms with Crippen molar-refractivity contribution in [1.29, 1.82) is 0 Å². The smallest absolute Gasteiger partial charge is 0.0547 e. The molecule has 0 spiro atoms. The van der Waals surface area contributed by atoms with E-state index in [0.717, 1.165) is 89.1 Å². The largest absolute Gasteiger partial charge is 0.309 e. The molecule has 0 saturated heterocycles. The second kappa shape index (κ2) is 14.7. The minimum absolute atomic E-state index is 1.06. The predicted octanol–water partition coefficient (Wildman–Crippen LogP) is 13.8. The molecular formula is C56H36N6. The van der Waals surface area contributed by atoms with Gasteiger partial charge in [0, 0.05) is 105 Å². The Morgan fingerprint density at radius 3 is 0.887 bits per heavy atom. The second-order valence-electron chi connectivity index (χ2n) is 15.7. The van der Waals surface area contributed by atoms with E-state index < -0.39 is 0 Å². The molecule has 6 aromatic carbocycles. The topological polar surface area (TPSA) is 61.4 Å². The van der Waals surface area contributed by atoms with Crippen LogP contribution in [0.5, 0.6) is 0 Å². The lowest BCUT2D eigenvalue weighted by molar-refractivity contribution is 1.18. The van der Waals surface area contributed by atoms with Crippen LogP contribution in [0, 0.1) is 0 Å². The Balaban J connectivity index is 1.01. The molecule has 0 N–H and O–H groups in total. The van der Waals surface area contributed by atoms with Crippen molar-refractivity contribution >= 4 is 43.6 Å². The number of hydrogen-bond acceptors (Lipinski definition) is 4. The third-order valence-electron chi connectivity index (χ3n) is 12.1. The number of pyridine rings is 4. The summed E-state index contributed by atoms with van der Waals surface area (Å²) >= 11 is 0. The quantitative estimate of drug-likeness (QED) is 0.161. The van der Waals surface area contributed by atoms with Gasteiger partial charge in [0.15, 0.2) is 0 Å². The lowest BCUT2D eigenvalue weighted by Crippen LogP contribution is -1.95. The Morgan fingerprint density at radius 1 is 0.242 bits per heavy atom. The molecule has 62 heavy (non-hydrogen) atoms. The zero-order valence-electron chi connectivity index (χ0n) is 33.5. The van der Waals surface area contributed by atoms with Crippen LogP contribution in [0.15, 0.2) is 219 Å². The highest BCUT2D eigenvalue weighted by Gasteiger charge is 2.18. The normalized spacial score (nSPS) is 11.5. The van der Waals surface area contributed by atoms with Crippen molar-refractivity contribution in [2.24, 2.45) is 0 Å². The molecule has 290 valence electrons. The van der Waals surface area contributed by atoms with Crippen LogP contribution in [0.25, 0.3) is 111 Å². The average Bonchev–Trinajstić information content (AvgIpc) is 3.86. The minimum atomic E-state index is 1.06. The van der Waals surface area contributed by atoms with Gasteiger partial charge in [-0.25, -0.2) is 0 Å². The van der Waals surface area contributed by atoms with E-state index in [1.807, 2.05) is 73.8 Å². The highest BCUT2D eigenvalue weighted by atomic mass is 15.0. The van der Waals surface area contributed by atoms with E-state index in [1.54, 1.807) is 0 Å². The molecule has 0 fully saturated rings. The van der Waals surface area contributed by atoms with Crippen LogP contribution >= 0.6 is 0 Å². The molecular weight excluding hydrogens is 757 g/mol. The Morgan fingerprint density at radius 2 is 0.548 bits per heavy atom. The van der Waals surface area contributed by atoms with Gasteiger partial charge in [-0.15, -0.1) is 0 Å². The Hall–Kier alpha value is -8.48. The van der Waals surface area contributed by atoms with E-state index in [2.05, 4.69) is 175 Å². The summed E-state index contributed by atoms with van der Waals surface area (Å²) in [6.07, 6.45) is 15.0. The molecule has 6 nitrogen and oxygen atoms in total. The molecule has 0 radical (unpaired) electrons. The van der Waals surface area contributed by atoms with Crippen LogP contribution in [-0.4, -0.2) is 29.1 Å². The number of rotatable bonds is 7. The molecule has 12 aromatic rings. The van der Waals surface area contributed by atoms with E-state index in [4.69, 9.17) is 0 Å². The summed E-state index contributed by atoms with van der Waals surface area (Å²) < 4.78 is 4.80. The second-order valence-corrected chi connectivity index (χ2v) is 15.7. The fraction of sp³-hybridized carbons (Fsp3) is 0. The molecule has 0 bridgehead atoms. The molecule has 0 amide bonds. The molecule has 6 aromatic heterocycles. The molecule has 0 aliphatic carbocycles. The van der Waals surface area contributed by atoms with Crippen molar-refractivity contribution < 1.29 is 0 Å². The first-order valence-electron chi connectivity index (χ1n) is 20.7. The average molecular weight is 793 g/mol. The van der Waals surface area contributed by atoms with Gasteiger partial charge in [-0.05, 0) is 118 Å². The predicted molar refractivity (Wildman–Crippen MR) is 253 cm³/mol. The van der Waals surface area contributed by atoms with Crippen LogP contribution in [-0.2, 0) is 0 Å². The number of para-hydroxylation sites is 2. The van der Waals surface area contributed by atoms with Gasteiger partial charge in [0.2, 0.25) is 0 Å². The molecule has 0 aliphatic rings. The van der Waals surface area contributed by atoms with Gasteiger partial charge in [-0.3, -0.25) is 19.9 Å². The molecule has 0 atom stereocenters. The molecule has 12 rings (SSSR count). The first-order chi connectivity index (χ1) is 30.7. The minimum Gasteiger partial charge on any atom is -0.309 e. The van der Waals surface area contributed by atoms with Crippen LogP contribution in [0.2, 0.25) is 0 Å². The first-order valence-corrected chi connectivity index (χ1v) is 20.7. The highest BCUT2D eigenvalue weighted by molar-refractivity contribution is 6.13. The van der Waals surface area contributed by atoms with Gasteiger partial charge in [0.25, 0.3) is 0 Å². The van der Waals surface area contributed by atoms with Crippen molar-refractivity contribution in [2.75, 3.05) is 0 Å². The van der Waals surface area contributed by atoms with E-state index in [9.17, 15) is 0 Å². The van der Waals surface area contributed by atoms with Gasteiger partial charge in [-0.1, -0.05) is 84.9 Å². The van der Waals surface area contributed by atoms with Crippen LogP contribution in [0.4, 0.5) is 0 Å². The number of fused-ring (bicyclic) bond motifs is 6. The van der Waals surface area contributed by atoms with E-state index >= 15 is 0 Å². The van der Waals surface area contributed by atoms with E-state index in [-0.39, 0.29) is 0 Å². The molecule has 0 aliphatic heterocycles. The van der Waals surface area contributed by atoms with Gasteiger partial charge in [0.05, 0.1) is 22.1 Å². The highest BCUT2D eigenvalue weighted by Crippen LogP contribution is 2.40. The standard InChI is InChI=1S/C56H36N6/c1-3-7-47(8-4-1)61-53-29-39(11-15-49(53)51-17-13-41(31-55(51)61)45-27-43(33-59-35-45)37-19-23-57-24-20-37)40-12-16-50-52-18-14-42(46-28-44(34-60-36-46)38-21-25-58-26-22-38)32-56(52)62(54(50)30-40)48-9-5-2-6-10-48/h1-36H. The van der Waals surface area contributed by atoms with Crippen molar-refractivity contribution in [2.45, 2.75) is 0 Å². The lowest BCUT2D eigenvalue weighted by atomic mass is 9.99. The first kappa shape index (κ1) is 35.5. The van der Waals surface area contributed by atoms with E-state index in [0.29, 0.717) is 0 Å². The van der Waals surface area contributed by atoms with Crippen LogP contribution in [0.1, 0.15) is 0 Å². The summed E-state index contributed by atoms with van der Waals surface area (Å²) in [7, 11) is 0. The molecule has 0 unspecified atom stereocenters. The van der Waals surface area contributed by atoms with Crippen molar-refractivity contribution in [3.05, 3.63) is 219 Å². The van der Waals surface area contributed by atoms with Gasteiger partial charge in [0.1, 0.15) is 0 Å². The number of nitrogens with zero attached hydrogens (tertiary/aromatic N) is 6. The van der Waals surface area contributed by atoms with Crippen LogP contribution in [0.3, 0.4) is 0 Å². The van der Waals surface area contributed by atoms with Gasteiger partial charge >= 0.3 is 0 Å². The Kier molecular flexibility index (Phi) is 8.38. The fourth-order valence-electron chi connectivity index (χ4n) is 9.07. The van der Waals surface area contributed by atoms with E-state index in [1.165, 1.54) is 21.5 Å². The maximum atomic E-state index is 4.65. The summed E-state index contributed by atoms with van der Waals surface area (Å²) in [4.78, 5) is 17.7. The number of aromatic nitrogens is 6. The van der Waals surface area contributed by atoms with Gasteiger partial charge in [-0.2, -0.15) is 0 Å². The number of benzene rings is 6. The third kappa shape index (κ3) is 6.04.